The third-order valence-electron chi connectivity index (χ3n) is 3.66. The van der Waals surface area contributed by atoms with Crippen LogP contribution in [0.15, 0.2) is 59.1 Å². The summed E-state index contributed by atoms with van der Waals surface area (Å²) >= 11 is 3.37. The Morgan fingerprint density at radius 2 is 1.83 bits per heavy atom. The van der Waals surface area contributed by atoms with Crippen molar-refractivity contribution in [1.82, 2.24) is 5.32 Å². The van der Waals surface area contributed by atoms with Gasteiger partial charge in [0, 0.05) is 30.3 Å². The number of nitrogens with zero attached hydrogens (tertiary/aromatic N) is 1. The molecule has 5 heteroatoms. The molecule has 128 valence electrons. The van der Waals surface area contributed by atoms with Gasteiger partial charge in [0.05, 0.1) is 0 Å². The van der Waals surface area contributed by atoms with E-state index < -0.39 is 6.10 Å². The molecule has 0 aliphatic carbocycles. The molecule has 1 amide bonds. The van der Waals surface area contributed by atoms with E-state index in [4.69, 9.17) is 4.74 Å². The van der Waals surface area contributed by atoms with Gasteiger partial charge in [-0.1, -0.05) is 34.1 Å². The van der Waals surface area contributed by atoms with E-state index in [0.717, 1.165) is 17.4 Å². The van der Waals surface area contributed by atoms with Crippen LogP contribution < -0.4 is 15.0 Å². The van der Waals surface area contributed by atoms with Crippen molar-refractivity contribution < 1.29 is 9.53 Å². The topological polar surface area (TPSA) is 41.6 Å². The molecule has 1 N–H and O–H groups in total. The van der Waals surface area contributed by atoms with E-state index >= 15 is 0 Å². The summed E-state index contributed by atoms with van der Waals surface area (Å²) in [4.78, 5) is 14.2. The summed E-state index contributed by atoms with van der Waals surface area (Å²) in [5.74, 6) is 0.588. The third kappa shape index (κ3) is 5.89. The lowest BCUT2D eigenvalue weighted by atomic mass is 10.3. The molecular weight excluding hydrogens is 368 g/mol. The first-order valence-electron chi connectivity index (χ1n) is 8.02. The number of benzene rings is 2. The lowest BCUT2D eigenvalue weighted by Gasteiger charge is -2.19. The van der Waals surface area contributed by atoms with Gasteiger partial charge >= 0.3 is 0 Å². The molecule has 2 aromatic rings. The maximum absolute atomic E-state index is 12.1. The van der Waals surface area contributed by atoms with Crippen molar-refractivity contribution in [3.8, 4) is 5.75 Å². The number of ether oxygens (including phenoxy) is 1. The summed E-state index contributed by atoms with van der Waals surface area (Å²) in [6.07, 6.45) is 0.361. The molecule has 0 saturated heterocycles. The molecule has 2 aromatic carbocycles. The van der Waals surface area contributed by atoms with Gasteiger partial charge in [-0.2, -0.15) is 0 Å². The second-order valence-electron chi connectivity index (χ2n) is 5.62. The molecule has 0 aliphatic rings. The van der Waals surface area contributed by atoms with Crippen LogP contribution in [0.3, 0.4) is 0 Å². The number of amides is 1. The first kappa shape index (κ1) is 18.3. The summed E-state index contributed by atoms with van der Waals surface area (Å²) < 4.78 is 6.62. The van der Waals surface area contributed by atoms with E-state index in [2.05, 4.69) is 45.3 Å². The first-order chi connectivity index (χ1) is 11.6. The summed E-state index contributed by atoms with van der Waals surface area (Å²) in [7, 11) is 2.05. The molecule has 0 spiro atoms. The highest BCUT2D eigenvalue weighted by molar-refractivity contribution is 9.10. The molecule has 2 rings (SSSR count). The van der Waals surface area contributed by atoms with Gasteiger partial charge in [0.15, 0.2) is 6.10 Å². The number of anilines is 1. The second kappa shape index (κ2) is 9.33. The highest BCUT2D eigenvalue weighted by atomic mass is 79.9. The number of halogens is 1. The molecule has 0 radical (unpaired) electrons. The van der Waals surface area contributed by atoms with Crippen molar-refractivity contribution in [1.29, 1.82) is 0 Å². The maximum atomic E-state index is 12.1. The van der Waals surface area contributed by atoms with Gasteiger partial charge in [0.1, 0.15) is 5.75 Å². The normalized spacial score (nSPS) is 11.6. The molecule has 0 bridgehead atoms. The van der Waals surface area contributed by atoms with E-state index in [1.54, 1.807) is 6.92 Å². The SMILES string of the molecule is CC(Oc1ccc(Br)cc1)C(=O)NCCCN(C)c1ccccc1. The van der Waals surface area contributed by atoms with Gasteiger partial charge in [-0.15, -0.1) is 0 Å². The fraction of sp³-hybridized carbons (Fsp3) is 0.316. The van der Waals surface area contributed by atoms with Crippen molar-refractivity contribution >= 4 is 27.5 Å². The zero-order valence-electron chi connectivity index (χ0n) is 14.0. The van der Waals surface area contributed by atoms with E-state index in [9.17, 15) is 4.79 Å². The lowest BCUT2D eigenvalue weighted by Crippen LogP contribution is -2.37. The van der Waals surface area contributed by atoms with Gasteiger partial charge in [-0.05, 0) is 49.7 Å². The van der Waals surface area contributed by atoms with Crippen molar-refractivity contribution in [2.24, 2.45) is 0 Å². The monoisotopic (exact) mass is 390 g/mol. The molecule has 4 nitrogen and oxygen atoms in total. The molecule has 0 aromatic heterocycles. The minimum atomic E-state index is -0.516. The number of hydrogen-bond donors (Lipinski definition) is 1. The van der Waals surface area contributed by atoms with Gasteiger partial charge in [-0.25, -0.2) is 0 Å². The van der Waals surface area contributed by atoms with E-state index in [1.807, 2.05) is 42.5 Å². The molecule has 0 heterocycles. The zero-order chi connectivity index (χ0) is 17.4. The Morgan fingerprint density at radius 1 is 1.17 bits per heavy atom. The van der Waals surface area contributed by atoms with Crippen LogP contribution in [0.5, 0.6) is 5.75 Å². The number of carbonyl (C=O) groups is 1. The van der Waals surface area contributed by atoms with Crippen LogP contribution in [0.25, 0.3) is 0 Å². The molecule has 0 fully saturated rings. The molecule has 0 aliphatic heterocycles. The van der Waals surface area contributed by atoms with Crippen LogP contribution in [0.4, 0.5) is 5.69 Å². The van der Waals surface area contributed by atoms with Crippen LogP contribution in [0.1, 0.15) is 13.3 Å². The van der Waals surface area contributed by atoms with Gasteiger partial charge in [0.25, 0.3) is 5.91 Å². The fourth-order valence-corrected chi connectivity index (χ4v) is 2.52. The van der Waals surface area contributed by atoms with Crippen LogP contribution >= 0.6 is 15.9 Å². The highest BCUT2D eigenvalue weighted by Crippen LogP contribution is 2.17. The average Bonchev–Trinajstić information content (AvgIpc) is 2.61. The van der Waals surface area contributed by atoms with E-state index in [-0.39, 0.29) is 5.91 Å². The highest BCUT2D eigenvalue weighted by Gasteiger charge is 2.14. The zero-order valence-corrected chi connectivity index (χ0v) is 15.6. The Bertz CT molecular complexity index is 632. The van der Waals surface area contributed by atoms with E-state index in [1.165, 1.54) is 5.69 Å². The molecule has 1 unspecified atom stereocenters. The summed E-state index contributed by atoms with van der Waals surface area (Å²) in [6.45, 7) is 3.27. The summed E-state index contributed by atoms with van der Waals surface area (Å²) in [5.41, 5.74) is 1.18. The van der Waals surface area contributed by atoms with Gasteiger partial charge in [-0.3, -0.25) is 4.79 Å². The standard InChI is InChI=1S/C19H23BrN2O2/c1-15(24-18-11-9-16(20)10-12-18)19(23)21-13-6-14-22(2)17-7-4-3-5-8-17/h3-5,7-12,15H,6,13-14H2,1-2H3,(H,21,23). The molecule has 1 atom stereocenters. The summed E-state index contributed by atoms with van der Waals surface area (Å²) in [6, 6.07) is 17.7. The van der Waals surface area contributed by atoms with Gasteiger partial charge < -0.3 is 15.0 Å². The minimum absolute atomic E-state index is 0.0970. The predicted octanol–water partition coefficient (Wildman–Crippen LogP) is 3.86. The number of hydrogen-bond acceptors (Lipinski definition) is 3. The third-order valence-corrected chi connectivity index (χ3v) is 4.19. The number of para-hydroxylation sites is 1. The Kier molecular flexibility index (Phi) is 7.12. The molecule has 24 heavy (non-hydrogen) atoms. The van der Waals surface area contributed by atoms with Crippen LogP contribution in [-0.4, -0.2) is 32.1 Å². The number of rotatable bonds is 8. The fourth-order valence-electron chi connectivity index (χ4n) is 2.25. The smallest absolute Gasteiger partial charge is 0.260 e. The van der Waals surface area contributed by atoms with Crippen molar-refractivity contribution in [3.63, 3.8) is 0 Å². The Morgan fingerprint density at radius 3 is 2.50 bits per heavy atom. The first-order valence-corrected chi connectivity index (χ1v) is 8.81. The van der Waals surface area contributed by atoms with E-state index in [0.29, 0.717) is 12.3 Å². The van der Waals surface area contributed by atoms with Crippen LogP contribution in [-0.2, 0) is 4.79 Å². The summed E-state index contributed by atoms with van der Waals surface area (Å²) in [5, 5.41) is 2.92. The average molecular weight is 391 g/mol. The quantitative estimate of drug-likeness (QED) is 0.695. The van der Waals surface area contributed by atoms with Gasteiger partial charge in [0.2, 0.25) is 0 Å². The van der Waals surface area contributed by atoms with Crippen molar-refractivity contribution in [2.45, 2.75) is 19.4 Å². The predicted molar refractivity (Wildman–Crippen MR) is 102 cm³/mol. The second-order valence-corrected chi connectivity index (χ2v) is 6.53. The largest absolute Gasteiger partial charge is 0.481 e. The Balaban J connectivity index is 1.68. The minimum Gasteiger partial charge on any atom is -0.481 e. The Labute approximate surface area is 151 Å². The van der Waals surface area contributed by atoms with Crippen LogP contribution in [0, 0.1) is 0 Å². The number of carbonyl (C=O) groups excluding carboxylic acids is 1. The molecule has 0 saturated carbocycles. The van der Waals surface area contributed by atoms with Crippen LogP contribution in [0.2, 0.25) is 0 Å². The number of nitrogens with one attached hydrogen (secondary N) is 1. The van der Waals surface area contributed by atoms with Crippen molar-refractivity contribution in [2.75, 3.05) is 25.0 Å². The lowest BCUT2D eigenvalue weighted by molar-refractivity contribution is -0.127. The molecular formula is C19H23BrN2O2. The Hall–Kier alpha value is -2.01. The van der Waals surface area contributed by atoms with Crippen molar-refractivity contribution in [3.05, 3.63) is 59.1 Å². The maximum Gasteiger partial charge on any atom is 0.260 e.